The van der Waals surface area contributed by atoms with E-state index in [1.165, 1.54) is 41.0 Å². The Balaban J connectivity index is 1.59. The van der Waals surface area contributed by atoms with E-state index in [4.69, 9.17) is 0 Å². The van der Waals surface area contributed by atoms with Gasteiger partial charge in [-0.1, -0.05) is 6.42 Å². The second kappa shape index (κ2) is 9.43. The molecule has 0 atom stereocenters. The van der Waals surface area contributed by atoms with Crippen LogP contribution in [0.25, 0.3) is 0 Å². The van der Waals surface area contributed by atoms with Gasteiger partial charge in [-0.25, -0.2) is 0 Å². The molecule has 6 heteroatoms. The van der Waals surface area contributed by atoms with Crippen LogP contribution in [-0.4, -0.2) is 50.6 Å². The van der Waals surface area contributed by atoms with Gasteiger partial charge in [0.2, 0.25) is 0 Å². The van der Waals surface area contributed by atoms with Gasteiger partial charge in [0, 0.05) is 31.6 Å². The third-order valence-electron chi connectivity index (χ3n) is 3.69. The summed E-state index contributed by atoms with van der Waals surface area (Å²) in [5.41, 5.74) is 0. The maximum absolute atomic E-state index is 4.28. The number of nitrogens with one attached hydrogen (secondary N) is 2. The molecule has 2 rings (SSSR count). The Labute approximate surface area is 140 Å². The summed E-state index contributed by atoms with van der Waals surface area (Å²) in [4.78, 5) is 8.20. The third-order valence-corrected chi connectivity index (χ3v) is 5.37. The summed E-state index contributed by atoms with van der Waals surface area (Å²) in [5.74, 6) is 0.905. The highest BCUT2D eigenvalue weighted by Gasteiger charge is 2.09. The zero-order valence-electron chi connectivity index (χ0n) is 12.7. The summed E-state index contributed by atoms with van der Waals surface area (Å²) >= 11 is 5.29. The van der Waals surface area contributed by atoms with E-state index in [-0.39, 0.29) is 0 Å². The highest BCUT2D eigenvalue weighted by atomic mass is 79.9. The van der Waals surface area contributed by atoms with Crippen LogP contribution in [0, 0.1) is 0 Å². The highest BCUT2D eigenvalue weighted by Crippen LogP contribution is 2.21. The van der Waals surface area contributed by atoms with Crippen molar-refractivity contribution >= 4 is 33.2 Å². The average molecular weight is 373 g/mol. The lowest BCUT2D eigenvalue weighted by Crippen LogP contribution is -2.43. The molecular weight excluding hydrogens is 348 g/mol. The minimum Gasteiger partial charge on any atom is -0.356 e. The number of nitrogens with zero attached hydrogens (tertiary/aromatic N) is 2. The van der Waals surface area contributed by atoms with Crippen LogP contribution in [0.1, 0.15) is 24.1 Å². The molecule has 0 aliphatic carbocycles. The summed E-state index contributed by atoms with van der Waals surface area (Å²) < 4.78 is 1.20. The minimum absolute atomic E-state index is 0.905. The van der Waals surface area contributed by atoms with E-state index in [1.807, 2.05) is 7.05 Å². The summed E-state index contributed by atoms with van der Waals surface area (Å²) in [6.45, 7) is 5.49. The van der Waals surface area contributed by atoms with Gasteiger partial charge in [0.05, 0.1) is 3.79 Å². The molecule has 1 aromatic heterocycles. The fourth-order valence-electron chi connectivity index (χ4n) is 2.53. The van der Waals surface area contributed by atoms with Gasteiger partial charge in [0.15, 0.2) is 5.96 Å². The van der Waals surface area contributed by atoms with E-state index in [2.05, 4.69) is 48.6 Å². The van der Waals surface area contributed by atoms with E-state index >= 15 is 0 Å². The molecule has 0 unspecified atom stereocenters. The lowest BCUT2D eigenvalue weighted by atomic mass is 10.1. The smallest absolute Gasteiger partial charge is 0.191 e. The van der Waals surface area contributed by atoms with Gasteiger partial charge in [0.25, 0.3) is 0 Å². The van der Waals surface area contributed by atoms with Crippen molar-refractivity contribution in [2.45, 2.75) is 25.7 Å². The molecule has 1 aliphatic rings. The molecular formula is C15H25BrN4S. The largest absolute Gasteiger partial charge is 0.356 e. The number of guanidine groups is 1. The van der Waals surface area contributed by atoms with E-state index < -0.39 is 0 Å². The summed E-state index contributed by atoms with van der Waals surface area (Å²) in [5, 5.41) is 6.78. The maximum Gasteiger partial charge on any atom is 0.191 e. The Morgan fingerprint density at radius 2 is 2.00 bits per heavy atom. The second-order valence-electron chi connectivity index (χ2n) is 5.28. The molecule has 1 fully saturated rings. The van der Waals surface area contributed by atoms with Crippen molar-refractivity contribution < 1.29 is 0 Å². The molecule has 21 heavy (non-hydrogen) atoms. The van der Waals surface area contributed by atoms with Gasteiger partial charge in [0.1, 0.15) is 0 Å². The molecule has 0 radical (unpaired) electrons. The number of piperidine rings is 1. The van der Waals surface area contributed by atoms with Crippen LogP contribution in [0.15, 0.2) is 20.9 Å². The molecule has 0 bridgehead atoms. The van der Waals surface area contributed by atoms with Gasteiger partial charge in [-0.05, 0) is 60.4 Å². The van der Waals surface area contributed by atoms with Gasteiger partial charge in [-0.15, -0.1) is 11.3 Å². The van der Waals surface area contributed by atoms with Crippen LogP contribution >= 0.6 is 27.3 Å². The molecule has 2 N–H and O–H groups in total. The van der Waals surface area contributed by atoms with Crippen molar-refractivity contribution in [3.63, 3.8) is 0 Å². The number of hydrogen-bond acceptors (Lipinski definition) is 3. The van der Waals surface area contributed by atoms with Crippen LogP contribution < -0.4 is 10.6 Å². The van der Waals surface area contributed by atoms with Gasteiger partial charge in [-0.2, -0.15) is 0 Å². The lowest BCUT2D eigenvalue weighted by molar-refractivity contribution is 0.232. The normalized spacial score (nSPS) is 17.0. The van der Waals surface area contributed by atoms with E-state index in [9.17, 15) is 0 Å². The monoisotopic (exact) mass is 372 g/mol. The molecule has 1 aromatic rings. The molecule has 0 aromatic carbocycles. The van der Waals surface area contributed by atoms with Crippen LogP contribution in [0.2, 0.25) is 0 Å². The molecule has 1 saturated heterocycles. The quantitative estimate of drug-likeness (QED) is 0.595. The summed E-state index contributed by atoms with van der Waals surface area (Å²) in [6.07, 6.45) is 5.13. The second-order valence-corrected chi connectivity index (χ2v) is 7.83. The fraction of sp³-hybridized carbons (Fsp3) is 0.667. The zero-order chi connectivity index (χ0) is 14.9. The Bertz CT molecular complexity index is 441. The van der Waals surface area contributed by atoms with Crippen molar-refractivity contribution in [2.24, 2.45) is 4.99 Å². The topological polar surface area (TPSA) is 39.7 Å². The number of rotatable bonds is 6. The van der Waals surface area contributed by atoms with E-state index in [1.54, 1.807) is 11.3 Å². The highest BCUT2D eigenvalue weighted by molar-refractivity contribution is 9.11. The SMILES string of the molecule is CN=C(NCCc1ccc(Br)s1)NCCN1CCCCC1. The molecule has 1 aliphatic heterocycles. The van der Waals surface area contributed by atoms with Crippen molar-refractivity contribution in [3.8, 4) is 0 Å². The standard InChI is InChI=1S/C15H25BrN4S/c1-17-15(18-8-7-13-5-6-14(16)21-13)19-9-12-20-10-3-2-4-11-20/h5-6H,2-4,7-12H2,1H3,(H2,17,18,19). The number of hydrogen-bond donors (Lipinski definition) is 2. The first-order valence-corrected chi connectivity index (χ1v) is 9.30. The number of likely N-dealkylation sites (tertiary alicyclic amines) is 1. The van der Waals surface area contributed by atoms with E-state index in [0.717, 1.165) is 32.0 Å². The van der Waals surface area contributed by atoms with Gasteiger partial charge in [-0.3, -0.25) is 4.99 Å². The Morgan fingerprint density at radius 3 is 2.67 bits per heavy atom. The molecule has 2 heterocycles. The Morgan fingerprint density at radius 1 is 1.24 bits per heavy atom. The minimum atomic E-state index is 0.905. The first-order chi connectivity index (χ1) is 10.3. The summed E-state index contributed by atoms with van der Waals surface area (Å²) in [6, 6.07) is 4.27. The molecule has 0 spiro atoms. The zero-order valence-corrected chi connectivity index (χ0v) is 15.1. The average Bonchev–Trinajstić information content (AvgIpc) is 2.92. The summed E-state index contributed by atoms with van der Waals surface area (Å²) in [7, 11) is 1.83. The van der Waals surface area contributed by atoms with Crippen molar-refractivity contribution in [1.29, 1.82) is 0 Å². The van der Waals surface area contributed by atoms with Crippen LogP contribution in [0.3, 0.4) is 0 Å². The van der Waals surface area contributed by atoms with E-state index in [0.29, 0.717) is 0 Å². The van der Waals surface area contributed by atoms with Gasteiger partial charge >= 0.3 is 0 Å². The molecule has 0 amide bonds. The number of aliphatic imine (C=N–C) groups is 1. The van der Waals surface area contributed by atoms with Crippen molar-refractivity contribution in [2.75, 3.05) is 39.8 Å². The predicted molar refractivity (Wildman–Crippen MR) is 95.4 cm³/mol. The first kappa shape index (κ1) is 16.8. The molecule has 0 saturated carbocycles. The Hall–Kier alpha value is -0.590. The third kappa shape index (κ3) is 6.36. The van der Waals surface area contributed by atoms with Crippen molar-refractivity contribution in [3.05, 3.63) is 20.8 Å². The van der Waals surface area contributed by atoms with Crippen LogP contribution in [0.5, 0.6) is 0 Å². The van der Waals surface area contributed by atoms with Crippen LogP contribution in [-0.2, 0) is 6.42 Å². The van der Waals surface area contributed by atoms with Crippen LogP contribution in [0.4, 0.5) is 0 Å². The fourth-order valence-corrected chi connectivity index (χ4v) is 4.01. The number of halogens is 1. The van der Waals surface area contributed by atoms with Crippen molar-refractivity contribution in [1.82, 2.24) is 15.5 Å². The Kier molecular flexibility index (Phi) is 7.53. The molecule has 4 nitrogen and oxygen atoms in total. The van der Waals surface area contributed by atoms with Gasteiger partial charge < -0.3 is 15.5 Å². The lowest BCUT2D eigenvalue weighted by Gasteiger charge is -2.26. The predicted octanol–water partition coefficient (Wildman–Crippen LogP) is 2.70. The number of thiophene rings is 1. The first-order valence-electron chi connectivity index (χ1n) is 7.69. The molecule has 118 valence electrons. The maximum atomic E-state index is 4.28.